The predicted octanol–water partition coefficient (Wildman–Crippen LogP) is 3.63. The molecule has 0 spiro atoms. The van der Waals surface area contributed by atoms with Gasteiger partial charge in [0.1, 0.15) is 0 Å². The summed E-state index contributed by atoms with van der Waals surface area (Å²) in [6.45, 7) is 2.57. The number of rotatable bonds is 5. The predicted molar refractivity (Wildman–Crippen MR) is 77.0 cm³/mol. The fourth-order valence-electron chi connectivity index (χ4n) is 1.76. The molecule has 0 bridgehead atoms. The lowest BCUT2D eigenvalue weighted by atomic mass is 10.1. The number of ketones is 1. The van der Waals surface area contributed by atoms with Gasteiger partial charge in [-0.3, -0.25) is 4.79 Å². The summed E-state index contributed by atoms with van der Waals surface area (Å²) >= 11 is 4.85. The van der Waals surface area contributed by atoms with Crippen molar-refractivity contribution >= 4 is 33.0 Å². The number of nitrogens with zero attached hydrogens (tertiary/aromatic N) is 1. The van der Waals surface area contributed by atoms with Crippen LogP contribution < -0.4 is 4.57 Å². The van der Waals surface area contributed by atoms with Crippen LogP contribution in [0.5, 0.6) is 0 Å². The smallest absolute Gasteiger partial charge is 0.237 e. The zero-order valence-corrected chi connectivity index (χ0v) is 12.6. The molecule has 0 atom stereocenters. The van der Waals surface area contributed by atoms with Crippen LogP contribution in [0.2, 0.25) is 0 Å². The molecule has 2 aromatic rings. The number of aromatic nitrogens is 1. The first-order valence-corrected chi connectivity index (χ1v) is 7.56. The standard InChI is InChI=1S/C14H15BrNOS/c1-2-3-11-6-8-16(9-7-11)10-12(17)13-4-5-14(15)18-13/h4-9H,2-3,10H2,1H3/q+1. The normalized spacial score (nSPS) is 10.6. The largest absolute Gasteiger partial charge is 0.286 e. The van der Waals surface area contributed by atoms with E-state index in [1.165, 1.54) is 16.9 Å². The van der Waals surface area contributed by atoms with Gasteiger partial charge in [-0.1, -0.05) is 13.3 Å². The van der Waals surface area contributed by atoms with Gasteiger partial charge in [-0.2, -0.15) is 4.57 Å². The highest BCUT2D eigenvalue weighted by molar-refractivity contribution is 9.11. The van der Waals surface area contributed by atoms with Crippen molar-refractivity contribution in [1.82, 2.24) is 0 Å². The molecule has 2 aromatic heterocycles. The second-order valence-corrected chi connectivity index (χ2v) is 6.62. The molecule has 0 aliphatic carbocycles. The van der Waals surface area contributed by atoms with Gasteiger partial charge in [-0.15, -0.1) is 11.3 Å². The molecule has 0 fully saturated rings. The maximum absolute atomic E-state index is 12.0. The van der Waals surface area contributed by atoms with Gasteiger partial charge in [0.2, 0.25) is 12.3 Å². The van der Waals surface area contributed by atoms with Gasteiger partial charge in [0, 0.05) is 12.1 Å². The molecule has 0 aliphatic heterocycles. The molecule has 2 heterocycles. The molecular weight excluding hydrogens is 310 g/mol. The van der Waals surface area contributed by atoms with Gasteiger partial charge < -0.3 is 0 Å². The van der Waals surface area contributed by atoms with E-state index in [1.54, 1.807) is 0 Å². The average Bonchev–Trinajstić information content (AvgIpc) is 2.79. The topological polar surface area (TPSA) is 20.9 Å². The van der Waals surface area contributed by atoms with Crippen LogP contribution in [0.1, 0.15) is 28.6 Å². The maximum atomic E-state index is 12.0. The highest BCUT2D eigenvalue weighted by atomic mass is 79.9. The van der Waals surface area contributed by atoms with E-state index in [0.717, 1.165) is 21.5 Å². The fraction of sp³-hybridized carbons (Fsp3) is 0.286. The first-order valence-electron chi connectivity index (χ1n) is 5.95. The van der Waals surface area contributed by atoms with Crippen molar-refractivity contribution in [3.05, 3.63) is 50.9 Å². The summed E-state index contributed by atoms with van der Waals surface area (Å²) in [5.41, 5.74) is 1.32. The van der Waals surface area contributed by atoms with Crippen molar-refractivity contribution in [1.29, 1.82) is 0 Å². The van der Waals surface area contributed by atoms with Crippen molar-refractivity contribution < 1.29 is 9.36 Å². The Bertz CT molecular complexity index is 533. The van der Waals surface area contributed by atoms with Crippen molar-refractivity contribution in [2.24, 2.45) is 0 Å². The zero-order chi connectivity index (χ0) is 13.0. The van der Waals surface area contributed by atoms with Crippen molar-refractivity contribution in [2.75, 3.05) is 0 Å². The molecule has 94 valence electrons. The average molecular weight is 325 g/mol. The Morgan fingerprint density at radius 1 is 1.28 bits per heavy atom. The Morgan fingerprint density at radius 3 is 2.56 bits per heavy atom. The third-order valence-electron chi connectivity index (χ3n) is 2.67. The number of halogens is 1. The molecule has 0 aromatic carbocycles. The van der Waals surface area contributed by atoms with E-state index in [2.05, 4.69) is 35.0 Å². The lowest BCUT2D eigenvalue weighted by molar-refractivity contribution is -0.683. The van der Waals surface area contributed by atoms with Gasteiger partial charge >= 0.3 is 0 Å². The number of thiophene rings is 1. The van der Waals surface area contributed by atoms with E-state index in [4.69, 9.17) is 0 Å². The number of hydrogen-bond acceptors (Lipinski definition) is 2. The van der Waals surface area contributed by atoms with Gasteiger partial charge in [-0.05, 0) is 40.0 Å². The summed E-state index contributed by atoms with van der Waals surface area (Å²) in [6, 6.07) is 7.94. The molecule has 2 rings (SSSR count). The van der Waals surface area contributed by atoms with E-state index >= 15 is 0 Å². The number of aryl methyl sites for hydroxylation is 1. The van der Waals surface area contributed by atoms with Crippen LogP contribution >= 0.6 is 27.3 Å². The molecule has 0 radical (unpaired) electrons. The molecule has 2 nitrogen and oxygen atoms in total. The molecule has 18 heavy (non-hydrogen) atoms. The third-order valence-corrected chi connectivity index (χ3v) is 4.34. The molecular formula is C14H15BrNOS+. The number of hydrogen-bond donors (Lipinski definition) is 0. The third kappa shape index (κ3) is 3.50. The Hall–Kier alpha value is -1.00. The van der Waals surface area contributed by atoms with Crippen LogP contribution in [-0.2, 0) is 13.0 Å². The first-order chi connectivity index (χ1) is 8.69. The van der Waals surface area contributed by atoms with Crippen molar-refractivity contribution in [2.45, 2.75) is 26.3 Å². The van der Waals surface area contributed by atoms with Crippen LogP contribution in [0.15, 0.2) is 40.4 Å². The minimum absolute atomic E-state index is 0.152. The second kappa shape index (κ2) is 6.25. The number of Topliss-reactive ketones (excluding diaryl/α,β-unsaturated/α-hetero) is 1. The fourth-order valence-corrected chi connectivity index (χ4v) is 3.07. The van der Waals surface area contributed by atoms with Crippen LogP contribution in [0.4, 0.5) is 0 Å². The van der Waals surface area contributed by atoms with E-state index in [1.807, 2.05) is 29.1 Å². The summed E-state index contributed by atoms with van der Waals surface area (Å²) in [5.74, 6) is 0.152. The summed E-state index contributed by atoms with van der Waals surface area (Å²) in [5, 5.41) is 0. The minimum Gasteiger partial charge on any atom is -0.286 e. The Labute approximate surface area is 119 Å². The molecule has 0 saturated carbocycles. The summed E-state index contributed by atoms with van der Waals surface area (Å²) in [7, 11) is 0. The minimum atomic E-state index is 0.152. The summed E-state index contributed by atoms with van der Waals surface area (Å²) in [6.07, 6.45) is 6.19. The van der Waals surface area contributed by atoms with E-state index in [0.29, 0.717) is 6.54 Å². The summed E-state index contributed by atoms with van der Waals surface area (Å²) in [4.78, 5) is 12.8. The monoisotopic (exact) mass is 324 g/mol. The Morgan fingerprint density at radius 2 is 2.00 bits per heavy atom. The molecule has 0 aliphatic rings. The van der Waals surface area contributed by atoms with Crippen molar-refractivity contribution in [3.63, 3.8) is 0 Å². The first kappa shape index (κ1) is 13.4. The molecule has 0 saturated heterocycles. The molecule has 0 unspecified atom stereocenters. The summed E-state index contributed by atoms with van der Waals surface area (Å²) < 4.78 is 2.92. The van der Waals surface area contributed by atoms with Gasteiger partial charge in [0.15, 0.2) is 12.4 Å². The molecule has 0 N–H and O–H groups in total. The van der Waals surface area contributed by atoms with E-state index in [9.17, 15) is 4.79 Å². The SMILES string of the molecule is CCCc1cc[n+](CC(=O)c2ccc(Br)s2)cc1. The number of carbonyl (C=O) groups excluding carboxylic acids is 1. The Balaban J connectivity index is 2.03. The zero-order valence-electron chi connectivity index (χ0n) is 10.2. The van der Waals surface area contributed by atoms with Crippen LogP contribution in [0, 0.1) is 0 Å². The second-order valence-electron chi connectivity index (χ2n) is 4.16. The van der Waals surface area contributed by atoms with Crippen LogP contribution in [0.25, 0.3) is 0 Å². The highest BCUT2D eigenvalue weighted by Crippen LogP contribution is 2.22. The number of carbonyl (C=O) groups is 1. The van der Waals surface area contributed by atoms with Gasteiger partial charge in [0.25, 0.3) is 0 Å². The van der Waals surface area contributed by atoms with E-state index < -0.39 is 0 Å². The lowest BCUT2D eigenvalue weighted by Gasteiger charge is -1.98. The quantitative estimate of drug-likeness (QED) is 0.607. The van der Waals surface area contributed by atoms with Gasteiger partial charge in [-0.25, -0.2) is 0 Å². The Kier molecular flexibility index (Phi) is 4.66. The lowest BCUT2D eigenvalue weighted by Crippen LogP contribution is -2.36. The highest BCUT2D eigenvalue weighted by Gasteiger charge is 2.13. The van der Waals surface area contributed by atoms with Crippen LogP contribution in [-0.4, -0.2) is 5.78 Å². The van der Waals surface area contributed by atoms with Gasteiger partial charge in [0.05, 0.1) is 8.66 Å². The van der Waals surface area contributed by atoms with Crippen LogP contribution in [0.3, 0.4) is 0 Å². The van der Waals surface area contributed by atoms with Crippen molar-refractivity contribution in [3.8, 4) is 0 Å². The maximum Gasteiger partial charge on any atom is 0.237 e. The molecule has 0 amide bonds. The molecule has 4 heteroatoms. The van der Waals surface area contributed by atoms with E-state index in [-0.39, 0.29) is 5.78 Å². The number of pyridine rings is 1.